The first-order valence-corrected chi connectivity index (χ1v) is 5.58. The topological polar surface area (TPSA) is 75.2 Å². The van der Waals surface area contributed by atoms with Crippen molar-refractivity contribution >= 4 is 0 Å². The molecule has 96 valence electrons. The molecule has 0 spiro atoms. The van der Waals surface area contributed by atoms with E-state index in [0.717, 1.165) is 17.3 Å². The van der Waals surface area contributed by atoms with Crippen LogP contribution < -0.4 is 15.2 Å². The zero-order valence-corrected chi connectivity index (χ0v) is 10.5. The number of hydrogen-bond donors (Lipinski definition) is 1. The number of rotatable bonds is 5. The minimum atomic E-state index is 0.330. The van der Waals surface area contributed by atoms with Gasteiger partial charge in [-0.15, -0.1) is 0 Å². The normalized spacial score (nSPS) is 10.4. The summed E-state index contributed by atoms with van der Waals surface area (Å²) in [4.78, 5) is 4.25. The Hall–Kier alpha value is -2.08. The molecule has 0 bridgehead atoms. The third kappa shape index (κ3) is 2.78. The molecule has 1 heterocycles. The first-order chi connectivity index (χ1) is 8.72. The molecule has 6 nitrogen and oxygen atoms in total. The number of nitrogens with two attached hydrogens (primary N) is 1. The average molecular weight is 248 g/mol. The van der Waals surface area contributed by atoms with Crippen molar-refractivity contribution in [1.29, 1.82) is 0 Å². The van der Waals surface area contributed by atoms with E-state index in [-0.39, 0.29) is 0 Å². The van der Waals surface area contributed by atoms with Gasteiger partial charge in [0, 0.05) is 7.05 Å². The van der Waals surface area contributed by atoms with Crippen LogP contribution in [0.5, 0.6) is 11.5 Å². The molecule has 0 saturated heterocycles. The number of aromatic nitrogens is 3. The number of aryl methyl sites for hydroxylation is 1. The fourth-order valence-corrected chi connectivity index (χ4v) is 1.51. The quantitative estimate of drug-likeness (QED) is 0.849. The third-order valence-corrected chi connectivity index (χ3v) is 2.51. The summed E-state index contributed by atoms with van der Waals surface area (Å²) >= 11 is 0. The highest BCUT2D eigenvalue weighted by Gasteiger charge is 2.06. The standard InChI is InChI=1S/C12H16N4O2/c1-16-12(14-11(7-13)15-16)8-18-10-5-3-9(17-2)4-6-10/h3-6H,7-8,13H2,1-2H3. The van der Waals surface area contributed by atoms with E-state index in [2.05, 4.69) is 10.1 Å². The fraction of sp³-hybridized carbons (Fsp3) is 0.333. The molecule has 0 unspecified atom stereocenters. The van der Waals surface area contributed by atoms with Gasteiger partial charge in [-0.2, -0.15) is 5.10 Å². The van der Waals surface area contributed by atoms with Gasteiger partial charge in [-0.1, -0.05) is 0 Å². The Labute approximate surface area is 105 Å². The Kier molecular flexibility index (Phi) is 3.78. The summed E-state index contributed by atoms with van der Waals surface area (Å²) in [6, 6.07) is 7.38. The molecular formula is C12H16N4O2. The second kappa shape index (κ2) is 5.50. The molecule has 1 aromatic heterocycles. The summed E-state index contributed by atoms with van der Waals surface area (Å²) in [7, 11) is 3.45. The SMILES string of the molecule is COc1ccc(OCc2nc(CN)nn2C)cc1. The largest absolute Gasteiger partial charge is 0.497 e. The predicted molar refractivity (Wildman–Crippen MR) is 66.2 cm³/mol. The Morgan fingerprint density at radius 3 is 2.44 bits per heavy atom. The van der Waals surface area contributed by atoms with Crippen LogP contribution in [0.15, 0.2) is 24.3 Å². The first-order valence-electron chi connectivity index (χ1n) is 5.58. The molecular weight excluding hydrogens is 232 g/mol. The number of ether oxygens (including phenoxy) is 2. The summed E-state index contributed by atoms with van der Waals surface area (Å²) in [6.45, 7) is 0.687. The Bertz CT molecular complexity index is 507. The lowest BCUT2D eigenvalue weighted by Crippen LogP contribution is -2.04. The van der Waals surface area contributed by atoms with Crippen LogP contribution in [0.3, 0.4) is 0 Å². The maximum absolute atomic E-state index is 5.61. The number of hydrogen-bond acceptors (Lipinski definition) is 5. The van der Waals surface area contributed by atoms with Gasteiger partial charge in [0.2, 0.25) is 0 Å². The van der Waals surface area contributed by atoms with Crippen molar-refractivity contribution in [3.63, 3.8) is 0 Å². The van der Waals surface area contributed by atoms with Crippen molar-refractivity contribution in [2.75, 3.05) is 7.11 Å². The molecule has 18 heavy (non-hydrogen) atoms. The third-order valence-electron chi connectivity index (χ3n) is 2.51. The van der Waals surface area contributed by atoms with Crippen molar-refractivity contribution < 1.29 is 9.47 Å². The molecule has 0 aliphatic carbocycles. The molecule has 0 aliphatic heterocycles. The molecule has 0 atom stereocenters. The second-order valence-corrected chi connectivity index (χ2v) is 3.74. The van der Waals surface area contributed by atoms with Gasteiger partial charge in [0.15, 0.2) is 11.6 Å². The summed E-state index contributed by atoms with van der Waals surface area (Å²) < 4.78 is 12.4. The van der Waals surface area contributed by atoms with Crippen molar-refractivity contribution in [2.45, 2.75) is 13.2 Å². The molecule has 0 aliphatic rings. The molecule has 0 amide bonds. The van der Waals surface area contributed by atoms with Gasteiger partial charge in [0.05, 0.1) is 13.7 Å². The molecule has 1 aromatic carbocycles. The van der Waals surface area contributed by atoms with E-state index >= 15 is 0 Å². The van der Waals surface area contributed by atoms with Crippen LogP contribution >= 0.6 is 0 Å². The van der Waals surface area contributed by atoms with Gasteiger partial charge < -0.3 is 15.2 Å². The highest BCUT2D eigenvalue weighted by molar-refractivity contribution is 5.31. The molecule has 6 heteroatoms. The molecule has 0 fully saturated rings. The highest BCUT2D eigenvalue weighted by atomic mass is 16.5. The summed E-state index contributed by atoms with van der Waals surface area (Å²) in [6.07, 6.45) is 0. The van der Waals surface area contributed by atoms with Crippen molar-refractivity contribution in [3.05, 3.63) is 35.9 Å². The Balaban J connectivity index is 1.99. The maximum Gasteiger partial charge on any atom is 0.165 e. The molecule has 0 radical (unpaired) electrons. The number of benzene rings is 1. The van der Waals surface area contributed by atoms with E-state index in [1.807, 2.05) is 31.3 Å². The van der Waals surface area contributed by atoms with Crippen LogP contribution in [0.25, 0.3) is 0 Å². The van der Waals surface area contributed by atoms with Crippen LogP contribution in [0, 0.1) is 0 Å². The van der Waals surface area contributed by atoms with Gasteiger partial charge >= 0.3 is 0 Å². The average Bonchev–Trinajstić information content (AvgIpc) is 2.77. The van der Waals surface area contributed by atoms with Gasteiger partial charge in [0.25, 0.3) is 0 Å². The molecule has 2 N–H and O–H groups in total. The van der Waals surface area contributed by atoms with Gasteiger partial charge in [-0.25, -0.2) is 9.67 Å². The predicted octanol–water partition coefficient (Wildman–Crippen LogP) is 0.861. The Morgan fingerprint density at radius 2 is 1.89 bits per heavy atom. The minimum absolute atomic E-state index is 0.330. The zero-order valence-electron chi connectivity index (χ0n) is 10.5. The highest BCUT2D eigenvalue weighted by Crippen LogP contribution is 2.17. The summed E-state index contributed by atoms with van der Waals surface area (Å²) in [5.74, 6) is 2.91. The minimum Gasteiger partial charge on any atom is -0.497 e. The number of nitrogens with zero attached hydrogens (tertiary/aromatic N) is 3. The lowest BCUT2D eigenvalue weighted by molar-refractivity contribution is 0.289. The van der Waals surface area contributed by atoms with Gasteiger partial charge in [-0.3, -0.25) is 0 Å². The van der Waals surface area contributed by atoms with Crippen LogP contribution in [-0.2, 0) is 20.2 Å². The molecule has 2 aromatic rings. The van der Waals surface area contributed by atoms with Crippen LogP contribution in [0.4, 0.5) is 0 Å². The van der Waals surface area contributed by atoms with Crippen LogP contribution in [0.1, 0.15) is 11.6 Å². The van der Waals surface area contributed by atoms with Crippen molar-refractivity contribution in [1.82, 2.24) is 14.8 Å². The van der Waals surface area contributed by atoms with Gasteiger partial charge in [0.1, 0.15) is 18.1 Å². The van der Waals surface area contributed by atoms with Crippen molar-refractivity contribution in [2.24, 2.45) is 12.8 Å². The lowest BCUT2D eigenvalue weighted by Gasteiger charge is -2.06. The molecule has 0 saturated carbocycles. The van der Waals surface area contributed by atoms with E-state index in [0.29, 0.717) is 19.0 Å². The number of methoxy groups -OCH3 is 1. The van der Waals surface area contributed by atoms with Crippen LogP contribution in [-0.4, -0.2) is 21.9 Å². The summed E-state index contributed by atoms with van der Waals surface area (Å²) in [5, 5.41) is 4.15. The van der Waals surface area contributed by atoms with Crippen LogP contribution in [0.2, 0.25) is 0 Å². The summed E-state index contributed by atoms with van der Waals surface area (Å²) in [5.41, 5.74) is 5.48. The van der Waals surface area contributed by atoms with E-state index < -0.39 is 0 Å². The maximum atomic E-state index is 5.61. The zero-order chi connectivity index (χ0) is 13.0. The van der Waals surface area contributed by atoms with Gasteiger partial charge in [-0.05, 0) is 24.3 Å². The second-order valence-electron chi connectivity index (χ2n) is 3.74. The Morgan fingerprint density at radius 1 is 1.22 bits per heavy atom. The van der Waals surface area contributed by atoms with E-state index in [9.17, 15) is 0 Å². The first kappa shape index (κ1) is 12.4. The monoisotopic (exact) mass is 248 g/mol. The van der Waals surface area contributed by atoms with E-state index in [1.165, 1.54) is 0 Å². The lowest BCUT2D eigenvalue weighted by atomic mass is 10.3. The fourth-order valence-electron chi connectivity index (χ4n) is 1.51. The van der Waals surface area contributed by atoms with E-state index in [1.54, 1.807) is 11.8 Å². The van der Waals surface area contributed by atoms with Crippen molar-refractivity contribution in [3.8, 4) is 11.5 Å². The smallest absolute Gasteiger partial charge is 0.165 e. The van der Waals surface area contributed by atoms with E-state index in [4.69, 9.17) is 15.2 Å². The molecule has 2 rings (SSSR count).